The molecule has 160 valence electrons. The first-order valence-electron chi connectivity index (χ1n) is 10.8. The van der Waals surface area contributed by atoms with Crippen LogP contribution in [0.3, 0.4) is 0 Å². The number of hydrogen-bond donors (Lipinski definition) is 0. The quantitative estimate of drug-likeness (QED) is 0.297. The van der Waals surface area contributed by atoms with Crippen molar-refractivity contribution in [1.82, 2.24) is 14.2 Å². The van der Waals surface area contributed by atoms with Crippen LogP contribution in [0.25, 0.3) is 21.8 Å². The van der Waals surface area contributed by atoms with Crippen molar-refractivity contribution < 1.29 is 0 Å². The van der Waals surface area contributed by atoms with E-state index in [-0.39, 0.29) is 11.5 Å². The van der Waals surface area contributed by atoms with Crippen LogP contribution >= 0.6 is 15.9 Å². The minimum absolute atomic E-state index is 0.111. The minimum atomic E-state index is -0.150. The van der Waals surface area contributed by atoms with Crippen molar-refractivity contribution in [1.29, 1.82) is 0 Å². The highest BCUT2D eigenvalue weighted by atomic mass is 79.9. The zero-order valence-corrected chi connectivity index (χ0v) is 19.9. The van der Waals surface area contributed by atoms with E-state index in [4.69, 9.17) is 4.98 Å². The number of fused-ring (bicyclic) bond motifs is 2. The molecular weight excluding hydrogens is 452 g/mol. The van der Waals surface area contributed by atoms with Crippen LogP contribution < -0.4 is 5.56 Å². The molecule has 4 aromatic rings. The second kappa shape index (κ2) is 8.79. The largest absolute Gasteiger partial charge is 0.344 e. The summed E-state index contributed by atoms with van der Waals surface area (Å²) in [7, 11) is 0. The van der Waals surface area contributed by atoms with Crippen molar-refractivity contribution in [3.8, 4) is 0 Å². The van der Waals surface area contributed by atoms with Gasteiger partial charge in [0, 0.05) is 39.1 Å². The lowest BCUT2D eigenvalue weighted by molar-refractivity contribution is 0.548. The Morgan fingerprint density at radius 1 is 1.10 bits per heavy atom. The van der Waals surface area contributed by atoms with Gasteiger partial charge in [0.15, 0.2) is 0 Å². The summed E-state index contributed by atoms with van der Waals surface area (Å²) < 4.78 is 4.60. The van der Waals surface area contributed by atoms with Crippen LogP contribution in [-0.2, 0) is 0 Å². The average Bonchev–Trinajstić information content (AvgIpc) is 3.16. The zero-order chi connectivity index (χ0) is 22.1. The number of halogens is 1. The highest BCUT2D eigenvalue weighted by Crippen LogP contribution is 2.25. The van der Waals surface area contributed by atoms with Gasteiger partial charge in [0.05, 0.1) is 17.1 Å². The molecule has 2 heterocycles. The second-order valence-electron chi connectivity index (χ2n) is 8.07. The summed E-state index contributed by atoms with van der Waals surface area (Å²) >= 11 is 3.46. The Bertz CT molecular complexity index is 1330. The summed E-state index contributed by atoms with van der Waals surface area (Å²) in [5, 5.41) is 6.34. The van der Waals surface area contributed by atoms with Crippen molar-refractivity contribution in [2.75, 3.05) is 0 Å². The molecule has 6 heteroatoms. The molecule has 31 heavy (non-hydrogen) atoms. The number of benzene rings is 2. The maximum Gasteiger partial charge on any atom is 0.282 e. The van der Waals surface area contributed by atoms with Crippen molar-refractivity contribution in [2.45, 2.75) is 52.5 Å². The molecule has 0 spiro atoms. The van der Waals surface area contributed by atoms with E-state index in [9.17, 15) is 4.79 Å². The van der Waals surface area contributed by atoms with Crippen molar-refractivity contribution in [3.05, 3.63) is 74.9 Å². The van der Waals surface area contributed by atoms with E-state index in [1.165, 1.54) is 10.2 Å². The van der Waals surface area contributed by atoms with Crippen molar-refractivity contribution in [3.63, 3.8) is 0 Å². The van der Waals surface area contributed by atoms with Crippen molar-refractivity contribution in [2.24, 2.45) is 5.10 Å². The van der Waals surface area contributed by atoms with Crippen LogP contribution in [0, 0.1) is 0 Å². The van der Waals surface area contributed by atoms with Gasteiger partial charge in [-0.2, -0.15) is 9.78 Å². The van der Waals surface area contributed by atoms with Crippen LogP contribution in [0.5, 0.6) is 0 Å². The van der Waals surface area contributed by atoms with Gasteiger partial charge in [0.1, 0.15) is 5.82 Å². The van der Waals surface area contributed by atoms with Crippen LogP contribution in [-0.4, -0.2) is 20.4 Å². The summed E-state index contributed by atoms with van der Waals surface area (Å²) in [5.41, 5.74) is 2.72. The van der Waals surface area contributed by atoms with E-state index >= 15 is 0 Å². The molecule has 0 fully saturated rings. The van der Waals surface area contributed by atoms with Gasteiger partial charge in [0.2, 0.25) is 0 Å². The highest BCUT2D eigenvalue weighted by Gasteiger charge is 2.16. The van der Waals surface area contributed by atoms with Gasteiger partial charge in [-0.3, -0.25) is 4.79 Å². The van der Waals surface area contributed by atoms with Gasteiger partial charge in [0.25, 0.3) is 5.56 Å². The van der Waals surface area contributed by atoms with Crippen LogP contribution in [0.15, 0.2) is 63.0 Å². The fourth-order valence-corrected chi connectivity index (χ4v) is 4.16. The van der Waals surface area contributed by atoms with E-state index < -0.39 is 0 Å². The number of para-hydroxylation sites is 1. The second-order valence-corrected chi connectivity index (χ2v) is 8.98. The Balaban J connectivity index is 1.90. The lowest BCUT2D eigenvalue weighted by atomic mass is 10.1. The molecule has 0 bridgehead atoms. The van der Waals surface area contributed by atoms with Gasteiger partial charge in [-0.05, 0) is 44.0 Å². The smallest absolute Gasteiger partial charge is 0.282 e. The van der Waals surface area contributed by atoms with E-state index in [0.717, 1.165) is 28.3 Å². The predicted molar refractivity (Wildman–Crippen MR) is 132 cm³/mol. The standard InChI is InChI=1S/C25H27BrN4O/c1-5-16(3)24-28-22-12-11-19(26)13-21(22)25(31)30(24)27-14-18-15-29(17(4)6-2)23-10-8-7-9-20(18)23/h7-17H,5-6H2,1-4H3/t16-,17+/m0/s1. The number of rotatable bonds is 6. The molecule has 0 amide bonds. The molecule has 0 saturated carbocycles. The maximum absolute atomic E-state index is 13.3. The first-order valence-corrected chi connectivity index (χ1v) is 11.6. The summed E-state index contributed by atoms with van der Waals surface area (Å²) in [6, 6.07) is 14.3. The molecule has 2 atom stereocenters. The van der Waals surface area contributed by atoms with E-state index in [0.29, 0.717) is 22.8 Å². The molecule has 4 rings (SSSR count). The molecule has 0 saturated heterocycles. The Labute approximate surface area is 190 Å². The molecular formula is C25H27BrN4O. The third kappa shape index (κ3) is 3.97. The van der Waals surface area contributed by atoms with Gasteiger partial charge in [-0.15, -0.1) is 0 Å². The Kier molecular flexibility index (Phi) is 6.10. The summed E-state index contributed by atoms with van der Waals surface area (Å²) in [5.74, 6) is 0.795. The van der Waals surface area contributed by atoms with Crippen LogP contribution in [0.1, 0.15) is 63.9 Å². The molecule has 0 aliphatic carbocycles. The Morgan fingerprint density at radius 3 is 2.61 bits per heavy atom. The third-order valence-electron chi connectivity index (χ3n) is 6.04. The molecule has 0 aliphatic heterocycles. The van der Waals surface area contributed by atoms with E-state index in [2.05, 4.69) is 77.7 Å². The number of aromatic nitrogens is 3. The normalized spacial score (nSPS) is 14.0. The summed E-state index contributed by atoms with van der Waals surface area (Å²) in [6.45, 7) is 8.57. The topological polar surface area (TPSA) is 52.2 Å². The maximum atomic E-state index is 13.3. The number of hydrogen-bond acceptors (Lipinski definition) is 3. The Morgan fingerprint density at radius 2 is 1.87 bits per heavy atom. The summed E-state index contributed by atoms with van der Waals surface area (Å²) in [4.78, 5) is 18.1. The molecule has 0 unspecified atom stereocenters. The fraction of sp³-hybridized carbons (Fsp3) is 0.320. The lowest BCUT2D eigenvalue weighted by Gasteiger charge is -2.13. The monoisotopic (exact) mass is 478 g/mol. The molecule has 5 nitrogen and oxygen atoms in total. The van der Waals surface area contributed by atoms with Crippen LogP contribution in [0.2, 0.25) is 0 Å². The SMILES string of the molecule is CC[C@@H](C)n1cc(C=Nn2c([C@@H](C)CC)nc3ccc(Br)cc3c2=O)c2ccccc21. The van der Waals surface area contributed by atoms with Gasteiger partial charge < -0.3 is 4.57 Å². The zero-order valence-electron chi connectivity index (χ0n) is 18.3. The van der Waals surface area contributed by atoms with Crippen molar-refractivity contribution >= 4 is 44.0 Å². The van der Waals surface area contributed by atoms with E-state index in [1.54, 1.807) is 6.21 Å². The molecule has 0 radical (unpaired) electrons. The molecule has 2 aromatic carbocycles. The molecule has 0 N–H and O–H groups in total. The first-order chi connectivity index (χ1) is 14.9. The molecule has 2 aromatic heterocycles. The molecule has 0 aliphatic rings. The van der Waals surface area contributed by atoms with Gasteiger partial charge >= 0.3 is 0 Å². The van der Waals surface area contributed by atoms with E-state index in [1.807, 2.05) is 24.3 Å². The Hall–Kier alpha value is -2.73. The first kappa shape index (κ1) is 21.5. The van der Waals surface area contributed by atoms with Gasteiger partial charge in [-0.1, -0.05) is 54.9 Å². The predicted octanol–water partition coefficient (Wildman–Crippen LogP) is 6.48. The minimum Gasteiger partial charge on any atom is -0.344 e. The summed E-state index contributed by atoms with van der Waals surface area (Å²) in [6.07, 6.45) is 5.83. The number of nitrogens with zero attached hydrogens (tertiary/aromatic N) is 4. The lowest BCUT2D eigenvalue weighted by Crippen LogP contribution is -2.23. The fourth-order valence-electron chi connectivity index (χ4n) is 3.80. The van der Waals surface area contributed by atoms with Gasteiger partial charge in [-0.25, -0.2) is 4.98 Å². The third-order valence-corrected chi connectivity index (χ3v) is 6.53. The average molecular weight is 479 g/mol. The highest BCUT2D eigenvalue weighted by molar-refractivity contribution is 9.10. The van der Waals surface area contributed by atoms with Crippen LogP contribution in [0.4, 0.5) is 0 Å².